The molecule has 0 saturated carbocycles. The highest BCUT2D eigenvalue weighted by Crippen LogP contribution is 2.52. The van der Waals surface area contributed by atoms with Gasteiger partial charge < -0.3 is 19.1 Å². The first kappa shape index (κ1) is 16.1. The third-order valence-electron chi connectivity index (χ3n) is 5.21. The summed E-state index contributed by atoms with van der Waals surface area (Å²) in [5.74, 6) is -0.781. The maximum atomic E-state index is 13.1. The summed E-state index contributed by atoms with van der Waals surface area (Å²) < 4.78 is 16.5. The predicted octanol–water partition coefficient (Wildman–Crippen LogP) is 1.93. The van der Waals surface area contributed by atoms with Crippen LogP contribution in [0.1, 0.15) is 13.3 Å². The van der Waals surface area contributed by atoms with Crippen molar-refractivity contribution >= 4 is 17.6 Å². The van der Waals surface area contributed by atoms with Gasteiger partial charge >= 0.3 is 5.97 Å². The molecule has 0 radical (unpaired) electrons. The Morgan fingerprint density at radius 1 is 1.36 bits per heavy atom. The molecule has 1 amide bonds. The molecular formula is C19H21NO5. The number of benzene rings is 1. The summed E-state index contributed by atoms with van der Waals surface area (Å²) >= 11 is 0. The van der Waals surface area contributed by atoms with Gasteiger partial charge in [-0.2, -0.15) is 0 Å². The molecule has 4 rings (SSSR count). The first-order chi connectivity index (χ1) is 12.1. The molecule has 2 saturated heterocycles. The van der Waals surface area contributed by atoms with Gasteiger partial charge in [-0.3, -0.25) is 9.59 Å². The smallest absolute Gasteiger partial charge is 0.312 e. The molecule has 6 nitrogen and oxygen atoms in total. The average Bonchev–Trinajstić information content (AvgIpc) is 3.28. The fourth-order valence-electron chi connectivity index (χ4n) is 4.05. The van der Waals surface area contributed by atoms with Gasteiger partial charge in [0, 0.05) is 5.69 Å². The Morgan fingerprint density at radius 2 is 2.12 bits per heavy atom. The summed E-state index contributed by atoms with van der Waals surface area (Å²) in [6.45, 7) is 2.72. The molecule has 25 heavy (non-hydrogen) atoms. The summed E-state index contributed by atoms with van der Waals surface area (Å²) in [5.41, 5.74) is 0.0492. The molecule has 3 aliphatic heterocycles. The SMILES string of the molecule is CCCOC(=O)C1C2C=CC3(CN(c4ccc(OC)cc4)C(=O)C13)O2. The zero-order chi connectivity index (χ0) is 17.6. The molecule has 3 aliphatic rings. The maximum absolute atomic E-state index is 13.1. The molecule has 1 aromatic carbocycles. The Morgan fingerprint density at radius 3 is 2.80 bits per heavy atom. The summed E-state index contributed by atoms with van der Waals surface area (Å²) in [6.07, 6.45) is 4.21. The average molecular weight is 343 g/mol. The van der Waals surface area contributed by atoms with E-state index in [-0.39, 0.29) is 18.0 Å². The van der Waals surface area contributed by atoms with Crippen molar-refractivity contribution in [2.45, 2.75) is 25.0 Å². The number of fused-ring (bicyclic) bond motifs is 1. The molecule has 1 spiro atoms. The van der Waals surface area contributed by atoms with Gasteiger partial charge in [0.2, 0.25) is 5.91 Å². The van der Waals surface area contributed by atoms with E-state index in [0.717, 1.165) is 17.9 Å². The van der Waals surface area contributed by atoms with Gasteiger partial charge in [0.1, 0.15) is 17.3 Å². The van der Waals surface area contributed by atoms with Crippen LogP contribution in [0.5, 0.6) is 5.75 Å². The van der Waals surface area contributed by atoms with Crippen molar-refractivity contribution in [3.63, 3.8) is 0 Å². The monoisotopic (exact) mass is 343 g/mol. The standard InChI is InChI=1S/C19H21NO5/c1-3-10-24-18(22)15-14-8-9-19(25-14)11-20(17(21)16(15)19)12-4-6-13(23-2)7-5-12/h4-9,14-16H,3,10-11H2,1-2H3. The Hall–Kier alpha value is -2.34. The van der Waals surface area contributed by atoms with Crippen LogP contribution in [0.4, 0.5) is 5.69 Å². The molecule has 0 aliphatic carbocycles. The molecule has 2 fully saturated rings. The van der Waals surface area contributed by atoms with Crippen molar-refractivity contribution < 1.29 is 23.8 Å². The van der Waals surface area contributed by atoms with E-state index in [4.69, 9.17) is 14.2 Å². The van der Waals surface area contributed by atoms with Gasteiger partial charge in [-0.05, 0) is 30.7 Å². The minimum absolute atomic E-state index is 0.0875. The van der Waals surface area contributed by atoms with Crippen LogP contribution in [-0.2, 0) is 19.1 Å². The fraction of sp³-hybridized carbons (Fsp3) is 0.474. The number of amides is 1. The van der Waals surface area contributed by atoms with Crippen LogP contribution in [0, 0.1) is 11.8 Å². The van der Waals surface area contributed by atoms with E-state index in [2.05, 4.69) is 0 Å². The number of anilines is 1. The molecule has 4 unspecified atom stereocenters. The van der Waals surface area contributed by atoms with Gasteiger partial charge in [0.25, 0.3) is 0 Å². The number of carbonyl (C=O) groups excluding carboxylic acids is 2. The predicted molar refractivity (Wildman–Crippen MR) is 90.3 cm³/mol. The minimum Gasteiger partial charge on any atom is -0.497 e. The van der Waals surface area contributed by atoms with Crippen LogP contribution in [-0.4, -0.2) is 43.8 Å². The zero-order valence-electron chi connectivity index (χ0n) is 14.3. The maximum Gasteiger partial charge on any atom is 0.312 e. The lowest BCUT2D eigenvalue weighted by Crippen LogP contribution is -2.40. The number of hydrogen-bond acceptors (Lipinski definition) is 5. The van der Waals surface area contributed by atoms with Gasteiger partial charge in [-0.1, -0.05) is 19.1 Å². The van der Waals surface area contributed by atoms with E-state index in [1.165, 1.54) is 0 Å². The molecule has 4 atom stereocenters. The lowest BCUT2D eigenvalue weighted by atomic mass is 9.77. The van der Waals surface area contributed by atoms with Crippen LogP contribution < -0.4 is 9.64 Å². The minimum atomic E-state index is -0.725. The Labute approximate surface area is 146 Å². The molecular weight excluding hydrogens is 322 g/mol. The summed E-state index contributed by atoms with van der Waals surface area (Å²) in [5, 5.41) is 0. The molecule has 1 aromatic rings. The topological polar surface area (TPSA) is 65.1 Å². The largest absolute Gasteiger partial charge is 0.497 e. The summed E-state index contributed by atoms with van der Waals surface area (Å²) in [4.78, 5) is 27.3. The lowest BCUT2D eigenvalue weighted by Gasteiger charge is -2.22. The third kappa shape index (κ3) is 2.35. The molecule has 0 N–H and O–H groups in total. The van der Waals surface area contributed by atoms with Crippen molar-refractivity contribution in [2.24, 2.45) is 11.8 Å². The molecule has 132 valence electrons. The Balaban J connectivity index is 1.61. The van der Waals surface area contributed by atoms with Gasteiger partial charge in [0.05, 0.1) is 32.3 Å². The van der Waals surface area contributed by atoms with Crippen LogP contribution in [0.25, 0.3) is 0 Å². The molecule has 0 aromatic heterocycles. The summed E-state index contributed by atoms with van der Waals surface area (Å²) in [6, 6.07) is 7.31. The number of esters is 1. The van der Waals surface area contributed by atoms with E-state index in [1.807, 2.05) is 43.3 Å². The van der Waals surface area contributed by atoms with Crippen molar-refractivity contribution in [3.8, 4) is 5.75 Å². The lowest BCUT2D eigenvalue weighted by molar-refractivity contribution is -0.152. The van der Waals surface area contributed by atoms with Crippen LogP contribution in [0.3, 0.4) is 0 Å². The number of hydrogen-bond donors (Lipinski definition) is 0. The second-order valence-corrected chi connectivity index (χ2v) is 6.69. The molecule has 3 heterocycles. The summed E-state index contributed by atoms with van der Waals surface area (Å²) in [7, 11) is 1.60. The first-order valence-electron chi connectivity index (χ1n) is 8.59. The number of ether oxygens (including phenoxy) is 3. The Kier molecular flexibility index (Phi) is 3.80. The zero-order valence-corrected chi connectivity index (χ0v) is 14.3. The highest BCUT2D eigenvalue weighted by atomic mass is 16.6. The second-order valence-electron chi connectivity index (χ2n) is 6.69. The Bertz CT molecular complexity index is 728. The van der Waals surface area contributed by atoms with E-state index >= 15 is 0 Å². The van der Waals surface area contributed by atoms with Gasteiger partial charge in [-0.15, -0.1) is 0 Å². The van der Waals surface area contributed by atoms with Crippen molar-refractivity contribution in [1.29, 1.82) is 0 Å². The molecule has 6 heteroatoms. The van der Waals surface area contributed by atoms with Crippen molar-refractivity contribution in [1.82, 2.24) is 0 Å². The fourth-order valence-corrected chi connectivity index (χ4v) is 4.05. The number of methoxy groups -OCH3 is 1. The van der Waals surface area contributed by atoms with Gasteiger partial charge in [-0.25, -0.2) is 0 Å². The normalized spacial score (nSPS) is 32.2. The quantitative estimate of drug-likeness (QED) is 0.604. The van der Waals surface area contributed by atoms with Crippen LogP contribution in [0.2, 0.25) is 0 Å². The number of carbonyl (C=O) groups is 2. The first-order valence-corrected chi connectivity index (χ1v) is 8.59. The highest BCUT2D eigenvalue weighted by Gasteiger charge is 2.67. The van der Waals surface area contributed by atoms with Crippen molar-refractivity contribution in [2.75, 3.05) is 25.2 Å². The highest BCUT2D eigenvalue weighted by molar-refractivity contribution is 6.02. The van der Waals surface area contributed by atoms with E-state index in [0.29, 0.717) is 13.2 Å². The van der Waals surface area contributed by atoms with E-state index in [9.17, 15) is 9.59 Å². The second kappa shape index (κ2) is 5.88. The van der Waals surface area contributed by atoms with Crippen LogP contribution >= 0.6 is 0 Å². The van der Waals surface area contributed by atoms with E-state index in [1.54, 1.807) is 12.0 Å². The number of rotatable bonds is 5. The van der Waals surface area contributed by atoms with Gasteiger partial charge in [0.15, 0.2) is 0 Å². The van der Waals surface area contributed by atoms with E-state index < -0.39 is 17.4 Å². The third-order valence-corrected chi connectivity index (χ3v) is 5.21. The van der Waals surface area contributed by atoms with Crippen LogP contribution in [0.15, 0.2) is 36.4 Å². The number of nitrogens with zero attached hydrogens (tertiary/aromatic N) is 1. The molecule has 2 bridgehead atoms. The van der Waals surface area contributed by atoms with Crippen molar-refractivity contribution in [3.05, 3.63) is 36.4 Å².